The monoisotopic (exact) mass is 382 g/mol. The largest absolute Gasteiger partial charge is 0.364 e. The molecule has 1 N–H and O–H groups in total. The number of pyridine rings is 1. The Morgan fingerprint density at radius 3 is 2.86 bits per heavy atom. The van der Waals surface area contributed by atoms with Gasteiger partial charge in [-0.25, -0.2) is 0 Å². The van der Waals surface area contributed by atoms with E-state index < -0.39 is 0 Å². The Morgan fingerprint density at radius 2 is 2.07 bits per heavy atom. The van der Waals surface area contributed by atoms with E-state index in [0.29, 0.717) is 0 Å². The van der Waals surface area contributed by atoms with Gasteiger partial charge >= 0.3 is 0 Å². The Bertz CT molecular complexity index is 896. The van der Waals surface area contributed by atoms with Gasteiger partial charge in [0.25, 0.3) is 0 Å². The van der Waals surface area contributed by atoms with Gasteiger partial charge in [0.1, 0.15) is 12.1 Å². The normalized spacial score (nSPS) is 16.0. The molecule has 1 aliphatic rings. The van der Waals surface area contributed by atoms with Gasteiger partial charge in [0.2, 0.25) is 0 Å². The highest BCUT2D eigenvalue weighted by molar-refractivity contribution is 5.79. The Labute approximate surface area is 164 Å². The summed E-state index contributed by atoms with van der Waals surface area (Å²) in [6.07, 6.45) is 5.48. The molecular formula is C19H26N8O. The average Bonchev–Trinajstić information content (AvgIpc) is 3.39. The average molecular weight is 382 g/mol. The number of nitrogens with one attached hydrogen (secondary N) is 1. The van der Waals surface area contributed by atoms with E-state index in [1.165, 1.54) is 0 Å². The van der Waals surface area contributed by atoms with Crippen LogP contribution >= 0.6 is 0 Å². The quantitative estimate of drug-likeness (QED) is 0.387. The summed E-state index contributed by atoms with van der Waals surface area (Å²) >= 11 is 0. The highest BCUT2D eigenvalue weighted by Crippen LogP contribution is 2.08. The van der Waals surface area contributed by atoms with Crippen LogP contribution in [0.2, 0.25) is 0 Å². The molecule has 4 heterocycles. The molecule has 9 heteroatoms. The van der Waals surface area contributed by atoms with Crippen molar-refractivity contribution in [2.24, 2.45) is 4.99 Å². The fourth-order valence-corrected chi connectivity index (χ4v) is 3.51. The molecule has 3 aromatic rings. The summed E-state index contributed by atoms with van der Waals surface area (Å²) in [5, 5.41) is 16.0. The Hall–Kier alpha value is -2.94. The zero-order valence-electron chi connectivity index (χ0n) is 16.2. The first-order chi connectivity index (χ1) is 13.8. The lowest BCUT2D eigenvalue weighted by molar-refractivity contribution is 0.169. The molecule has 0 unspecified atom stereocenters. The maximum Gasteiger partial charge on any atom is 0.193 e. The third kappa shape index (κ3) is 4.30. The summed E-state index contributed by atoms with van der Waals surface area (Å²) in [5.41, 5.74) is 1.88. The van der Waals surface area contributed by atoms with E-state index in [-0.39, 0.29) is 0 Å². The van der Waals surface area contributed by atoms with Crippen LogP contribution in [-0.4, -0.2) is 75.3 Å². The van der Waals surface area contributed by atoms with Crippen molar-refractivity contribution in [3.8, 4) is 0 Å². The minimum absolute atomic E-state index is 0.836. The molecule has 0 aliphatic carbocycles. The van der Waals surface area contributed by atoms with Gasteiger partial charge in [0.15, 0.2) is 11.6 Å². The fourth-order valence-electron chi connectivity index (χ4n) is 3.51. The van der Waals surface area contributed by atoms with Crippen molar-refractivity contribution in [1.82, 2.24) is 34.9 Å². The number of hydrogen-bond donors (Lipinski definition) is 1. The third-order valence-electron chi connectivity index (χ3n) is 5.01. The molecule has 0 spiro atoms. The molecule has 1 saturated heterocycles. The molecule has 1 aliphatic heterocycles. The van der Waals surface area contributed by atoms with Gasteiger partial charge in [-0.2, -0.15) is 0 Å². The van der Waals surface area contributed by atoms with E-state index >= 15 is 0 Å². The standard InChI is InChI=1S/C19H26N8O/c1-20-19(26-12-10-25(11-13-26)15-16-7-14-28-24-16)21-8-4-6-18-23-22-17-5-2-3-9-27(17)18/h2-3,5,7,9,14H,4,6,8,10-13,15H2,1H3,(H,20,21). The van der Waals surface area contributed by atoms with Gasteiger partial charge in [0.05, 0.1) is 5.69 Å². The summed E-state index contributed by atoms with van der Waals surface area (Å²) in [5.74, 6) is 1.96. The molecule has 0 saturated carbocycles. The van der Waals surface area contributed by atoms with E-state index in [4.69, 9.17) is 4.52 Å². The van der Waals surface area contributed by atoms with Crippen molar-refractivity contribution in [3.05, 3.63) is 48.2 Å². The van der Waals surface area contributed by atoms with Crippen LogP contribution in [0.3, 0.4) is 0 Å². The lowest BCUT2D eigenvalue weighted by Gasteiger charge is -2.36. The smallest absolute Gasteiger partial charge is 0.193 e. The van der Waals surface area contributed by atoms with E-state index in [1.807, 2.05) is 41.9 Å². The third-order valence-corrected chi connectivity index (χ3v) is 5.01. The zero-order chi connectivity index (χ0) is 19.2. The second-order valence-electron chi connectivity index (χ2n) is 6.88. The van der Waals surface area contributed by atoms with Crippen molar-refractivity contribution in [3.63, 3.8) is 0 Å². The maximum absolute atomic E-state index is 4.91. The number of rotatable bonds is 6. The van der Waals surface area contributed by atoms with Gasteiger partial charge in [-0.05, 0) is 18.6 Å². The van der Waals surface area contributed by atoms with Crippen LogP contribution in [0.5, 0.6) is 0 Å². The number of aryl methyl sites for hydroxylation is 1. The molecule has 0 atom stereocenters. The maximum atomic E-state index is 4.91. The SMILES string of the molecule is CN=C(NCCCc1nnc2ccccn12)N1CCN(Cc2ccon2)CC1. The van der Waals surface area contributed by atoms with Crippen molar-refractivity contribution in [2.75, 3.05) is 39.8 Å². The molecule has 3 aromatic heterocycles. The Kier molecular flexibility index (Phi) is 5.81. The molecular weight excluding hydrogens is 356 g/mol. The molecule has 28 heavy (non-hydrogen) atoms. The molecule has 0 aromatic carbocycles. The van der Waals surface area contributed by atoms with Crippen molar-refractivity contribution in [2.45, 2.75) is 19.4 Å². The number of aromatic nitrogens is 4. The van der Waals surface area contributed by atoms with Gasteiger partial charge < -0.3 is 14.7 Å². The molecule has 0 bridgehead atoms. The van der Waals surface area contributed by atoms with E-state index in [1.54, 1.807) is 6.26 Å². The highest BCUT2D eigenvalue weighted by Gasteiger charge is 2.20. The van der Waals surface area contributed by atoms with Gasteiger partial charge in [0, 0.05) is 65.0 Å². The van der Waals surface area contributed by atoms with Gasteiger partial charge in [-0.15, -0.1) is 10.2 Å². The molecule has 4 rings (SSSR count). The highest BCUT2D eigenvalue weighted by atomic mass is 16.5. The van der Waals surface area contributed by atoms with Crippen LogP contribution in [0.15, 0.2) is 46.2 Å². The Balaban J connectivity index is 1.21. The molecule has 0 radical (unpaired) electrons. The predicted octanol–water partition coefficient (Wildman–Crippen LogP) is 1.04. The molecule has 1 fully saturated rings. The molecule has 148 valence electrons. The number of fused-ring (bicyclic) bond motifs is 1. The van der Waals surface area contributed by atoms with E-state index in [0.717, 1.165) is 75.2 Å². The summed E-state index contributed by atoms with van der Waals surface area (Å²) in [7, 11) is 1.84. The minimum Gasteiger partial charge on any atom is -0.364 e. The van der Waals surface area contributed by atoms with Crippen molar-refractivity contribution >= 4 is 11.6 Å². The van der Waals surface area contributed by atoms with Crippen LogP contribution in [0.25, 0.3) is 5.65 Å². The topological polar surface area (TPSA) is 87.1 Å². The second kappa shape index (κ2) is 8.83. The molecule has 0 amide bonds. The van der Waals surface area contributed by atoms with Gasteiger partial charge in [-0.3, -0.25) is 14.3 Å². The number of guanidine groups is 1. The van der Waals surface area contributed by atoms with Gasteiger partial charge in [-0.1, -0.05) is 11.2 Å². The summed E-state index contributed by atoms with van der Waals surface area (Å²) in [6, 6.07) is 7.87. The summed E-state index contributed by atoms with van der Waals surface area (Å²) in [4.78, 5) is 9.15. The summed E-state index contributed by atoms with van der Waals surface area (Å²) in [6.45, 7) is 5.56. The Morgan fingerprint density at radius 1 is 1.18 bits per heavy atom. The lowest BCUT2D eigenvalue weighted by Crippen LogP contribution is -2.52. The van der Waals surface area contributed by atoms with Crippen LogP contribution in [0.4, 0.5) is 0 Å². The first kappa shape index (κ1) is 18.4. The molecule has 9 nitrogen and oxygen atoms in total. The number of piperazine rings is 1. The zero-order valence-corrected chi connectivity index (χ0v) is 16.2. The van der Waals surface area contributed by atoms with E-state index in [2.05, 4.69) is 35.5 Å². The van der Waals surface area contributed by atoms with E-state index in [9.17, 15) is 0 Å². The fraction of sp³-hybridized carbons (Fsp3) is 0.474. The van der Waals surface area contributed by atoms with Crippen LogP contribution in [0, 0.1) is 0 Å². The summed E-state index contributed by atoms with van der Waals surface area (Å²) < 4.78 is 6.96. The first-order valence-electron chi connectivity index (χ1n) is 9.69. The lowest BCUT2D eigenvalue weighted by atomic mass is 10.3. The van der Waals surface area contributed by atoms with Crippen molar-refractivity contribution < 1.29 is 4.52 Å². The first-order valence-corrected chi connectivity index (χ1v) is 9.69. The second-order valence-corrected chi connectivity index (χ2v) is 6.88. The van der Waals surface area contributed by atoms with Crippen LogP contribution < -0.4 is 5.32 Å². The predicted molar refractivity (Wildman–Crippen MR) is 106 cm³/mol. The minimum atomic E-state index is 0.836. The van der Waals surface area contributed by atoms with Crippen molar-refractivity contribution in [1.29, 1.82) is 0 Å². The number of hydrogen-bond acceptors (Lipinski definition) is 6. The number of nitrogens with zero attached hydrogens (tertiary/aromatic N) is 7. The van der Waals surface area contributed by atoms with Crippen LogP contribution in [0.1, 0.15) is 17.9 Å². The number of aliphatic imine (C=N–C) groups is 1. The van der Waals surface area contributed by atoms with Crippen LogP contribution in [-0.2, 0) is 13.0 Å².